The molecule has 3 rings (SSSR count). The molecule has 0 saturated heterocycles. The number of benzene rings is 3. The van der Waals surface area contributed by atoms with Crippen LogP contribution in [0.15, 0.2) is 97.3 Å². The predicted molar refractivity (Wildman–Crippen MR) is 114 cm³/mol. The fourth-order valence-corrected chi connectivity index (χ4v) is 7.76. The van der Waals surface area contributed by atoms with Crippen LogP contribution < -0.4 is 10.4 Å². The molecule has 0 heterocycles. The van der Waals surface area contributed by atoms with Crippen molar-refractivity contribution in [1.82, 2.24) is 0 Å². The van der Waals surface area contributed by atoms with E-state index < -0.39 is 8.32 Å². The lowest BCUT2D eigenvalue weighted by Gasteiger charge is -2.41. The summed E-state index contributed by atoms with van der Waals surface area (Å²) in [6.07, 6.45) is 3.95. The van der Waals surface area contributed by atoms with E-state index in [-0.39, 0.29) is 5.04 Å². The van der Waals surface area contributed by atoms with E-state index in [9.17, 15) is 0 Å². The molecule has 0 aliphatic carbocycles. The monoisotopic (exact) mass is 358 g/mol. The van der Waals surface area contributed by atoms with Crippen LogP contribution in [0.5, 0.6) is 0 Å². The third-order valence-corrected chi connectivity index (χ3v) is 9.62. The van der Waals surface area contributed by atoms with Crippen molar-refractivity contribution in [2.24, 2.45) is 0 Å². The fraction of sp³-hybridized carbons (Fsp3) is 0.167. The molecule has 0 aromatic heterocycles. The van der Waals surface area contributed by atoms with E-state index in [2.05, 4.69) is 99.6 Å². The first kappa shape index (κ1) is 18.2. The Balaban J connectivity index is 2.10. The van der Waals surface area contributed by atoms with E-state index in [0.717, 1.165) is 5.56 Å². The SMILES string of the molecule is CC(C)(C)[Si](O/C=C\c1ccccc1)(c1ccccc1)c1ccccc1. The van der Waals surface area contributed by atoms with Gasteiger partial charge in [-0.2, -0.15) is 0 Å². The van der Waals surface area contributed by atoms with Crippen molar-refractivity contribution in [3.63, 3.8) is 0 Å². The van der Waals surface area contributed by atoms with Crippen molar-refractivity contribution in [1.29, 1.82) is 0 Å². The average Bonchev–Trinajstić information content (AvgIpc) is 2.66. The number of rotatable bonds is 5. The summed E-state index contributed by atoms with van der Waals surface area (Å²) < 4.78 is 6.73. The molecule has 0 fully saturated rings. The maximum Gasteiger partial charge on any atom is 0.319 e. The smallest absolute Gasteiger partial charge is 0.319 e. The summed E-state index contributed by atoms with van der Waals surface area (Å²) in [6, 6.07) is 31.7. The Hall–Kier alpha value is -2.58. The van der Waals surface area contributed by atoms with E-state index in [0.29, 0.717) is 0 Å². The van der Waals surface area contributed by atoms with Gasteiger partial charge in [0.05, 0.1) is 6.26 Å². The van der Waals surface area contributed by atoms with Crippen LogP contribution in [0.4, 0.5) is 0 Å². The lowest BCUT2D eigenvalue weighted by molar-refractivity contribution is 0.448. The molecule has 3 aromatic carbocycles. The van der Waals surface area contributed by atoms with E-state index in [1.807, 2.05) is 24.5 Å². The van der Waals surface area contributed by atoms with Gasteiger partial charge in [-0.25, -0.2) is 0 Å². The summed E-state index contributed by atoms with van der Waals surface area (Å²) in [4.78, 5) is 0. The molecule has 26 heavy (non-hydrogen) atoms. The third-order valence-electron chi connectivity index (χ3n) is 4.72. The van der Waals surface area contributed by atoms with E-state index >= 15 is 0 Å². The molecule has 132 valence electrons. The molecule has 0 unspecified atom stereocenters. The second-order valence-electron chi connectivity index (χ2n) is 7.49. The van der Waals surface area contributed by atoms with Crippen LogP contribution in [0, 0.1) is 0 Å². The maximum atomic E-state index is 6.73. The average molecular weight is 359 g/mol. The standard InChI is InChI=1S/C24H26OSi/c1-24(2,3)26(22-15-9-5-10-16-22,23-17-11-6-12-18-23)25-20-19-21-13-7-4-8-14-21/h4-20H,1-3H3/b20-19-. The third kappa shape index (κ3) is 3.66. The zero-order chi connectivity index (χ0) is 18.5. The van der Waals surface area contributed by atoms with Gasteiger partial charge in [0.2, 0.25) is 0 Å². The van der Waals surface area contributed by atoms with Crippen LogP contribution in [-0.2, 0) is 4.43 Å². The first-order valence-electron chi connectivity index (χ1n) is 9.04. The molecular formula is C24H26OSi. The molecule has 0 N–H and O–H groups in total. The van der Waals surface area contributed by atoms with Crippen LogP contribution in [-0.4, -0.2) is 8.32 Å². The van der Waals surface area contributed by atoms with Gasteiger partial charge >= 0.3 is 8.32 Å². The highest BCUT2D eigenvalue weighted by molar-refractivity contribution is 6.99. The highest BCUT2D eigenvalue weighted by atomic mass is 28.4. The molecule has 3 aromatic rings. The van der Waals surface area contributed by atoms with Gasteiger partial charge in [0.25, 0.3) is 0 Å². The van der Waals surface area contributed by atoms with Gasteiger partial charge in [0.1, 0.15) is 0 Å². The lowest BCUT2D eigenvalue weighted by Crippen LogP contribution is -2.65. The molecule has 0 amide bonds. The zero-order valence-electron chi connectivity index (χ0n) is 15.7. The van der Waals surface area contributed by atoms with E-state index in [1.54, 1.807) is 0 Å². The molecule has 2 heteroatoms. The molecule has 0 radical (unpaired) electrons. The van der Waals surface area contributed by atoms with Crippen molar-refractivity contribution >= 4 is 24.8 Å². The lowest BCUT2D eigenvalue weighted by atomic mass is 10.2. The Labute approximate surface area is 158 Å². The van der Waals surface area contributed by atoms with Crippen molar-refractivity contribution < 1.29 is 4.43 Å². The maximum absolute atomic E-state index is 6.73. The fourth-order valence-electron chi connectivity index (χ4n) is 3.47. The van der Waals surface area contributed by atoms with Crippen LogP contribution >= 0.6 is 0 Å². The first-order valence-corrected chi connectivity index (χ1v) is 11.0. The summed E-state index contributed by atoms with van der Waals surface area (Å²) in [5.74, 6) is 0. The summed E-state index contributed by atoms with van der Waals surface area (Å²) in [7, 11) is -2.49. The minimum Gasteiger partial charge on any atom is -0.540 e. The van der Waals surface area contributed by atoms with E-state index in [1.165, 1.54) is 10.4 Å². The van der Waals surface area contributed by atoms with Crippen LogP contribution in [0.2, 0.25) is 5.04 Å². The molecule has 0 spiro atoms. The van der Waals surface area contributed by atoms with Gasteiger partial charge in [-0.3, -0.25) is 0 Å². The van der Waals surface area contributed by atoms with Crippen molar-refractivity contribution in [3.05, 3.63) is 103 Å². The van der Waals surface area contributed by atoms with Crippen molar-refractivity contribution in [2.45, 2.75) is 25.8 Å². The highest BCUT2D eigenvalue weighted by Crippen LogP contribution is 2.36. The van der Waals surface area contributed by atoms with Gasteiger partial charge in [-0.05, 0) is 27.1 Å². The molecule has 0 aliphatic rings. The second-order valence-corrected chi connectivity index (χ2v) is 11.7. The molecular weight excluding hydrogens is 332 g/mol. The van der Waals surface area contributed by atoms with E-state index in [4.69, 9.17) is 4.43 Å². The number of hydrogen-bond acceptors (Lipinski definition) is 1. The molecule has 0 atom stereocenters. The quantitative estimate of drug-likeness (QED) is 0.448. The summed E-state index contributed by atoms with van der Waals surface area (Å²) >= 11 is 0. The van der Waals surface area contributed by atoms with Crippen LogP contribution in [0.1, 0.15) is 26.3 Å². The largest absolute Gasteiger partial charge is 0.540 e. The Morgan fingerprint density at radius 3 is 1.50 bits per heavy atom. The summed E-state index contributed by atoms with van der Waals surface area (Å²) in [5, 5.41) is 2.56. The zero-order valence-corrected chi connectivity index (χ0v) is 16.7. The molecule has 0 aliphatic heterocycles. The van der Waals surface area contributed by atoms with Gasteiger partial charge in [0, 0.05) is 0 Å². The molecule has 0 bridgehead atoms. The van der Waals surface area contributed by atoms with Gasteiger partial charge in [0.15, 0.2) is 0 Å². The minimum absolute atomic E-state index is 0.0171. The Morgan fingerprint density at radius 2 is 1.08 bits per heavy atom. The van der Waals surface area contributed by atoms with Crippen LogP contribution in [0.25, 0.3) is 6.08 Å². The minimum atomic E-state index is -2.49. The predicted octanol–water partition coefficient (Wildman–Crippen LogP) is 5.23. The first-order chi connectivity index (χ1) is 12.5. The molecule has 1 nitrogen and oxygen atoms in total. The normalized spacial score (nSPS) is 12.3. The van der Waals surface area contributed by atoms with Gasteiger partial charge in [-0.1, -0.05) is 112 Å². The van der Waals surface area contributed by atoms with Gasteiger partial charge in [-0.15, -0.1) is 0 Å². The Morgan fingerprint density at radius 1 is 0.654 bits per heavy atom. The Kier molecular flexibility index (Phi) is 5.43. The topological polar surface area (TPSA) is 9.23 Å². The van der Waals surface area contributed by atoms with Crippen molar-refractivity contribution in [3.8, 4) is 0 Å². The van der Waals surface area contributed by atoms with Gasteiger partial charge < -0.3 is 4.43 Å². The molecule has 0 saturated carbocycles. The summed E-state index contributed by atoms with van der Waals surface area (Å²) in [6.45, 7) is 6.86. The Bertz CT molecular complexity index is 794. The highest BCUT2D eigenvalue weighted by Gasteiger charge is 2.51. The second kappa shape index (κ2) is 7.75. The summed E-state index contributed by atoms with van der Waals surface area (Å²) in [5.41, 5.74) is 1.14. The number of hydrogen-bond donors (Lipinski definition) is 0. The van der Waals surface area contributed by atoms with Crippen LogP contribution in [0.3, 0.4) is 0 Å². The van der Waals surface area contributed by atoms with Crippen molar-refractivity contribution in [2.75, 3.05) is 0 Å².